The molecule has 0 radical (unpaired) electrons. The van der Waals surface area contributed by atoms with Gasteiger partial charge in [0.2, 0.25) is 0 Å². The van der Waals surface area contributed by atoms with Crippen molar-refractivity contribution in [2.45, 2.75) is 25.6 Å². The van der Waals surface area contributed by atoms with Crippen LogP contribution in [0.1, 0.15) is 13.8 Å². The quantitative estimate of drug-likeness (QED) is 0.662. The summed E-state index contributed by atoms with van der Waals surface area (Å²) in [6, 6.07) is -0.975. The van der Waals surface area contributed by atoms with Gasteiger partial charge < -0.3 is 14.6 Å². The fraction of sp³-hybridized carbons (Fsp3) is 0.750. The van der Waals surface area contributed by atoms with E-state index in [-0.39, 0.29) is 6.61 Å². The monoisotopic (exact) mass is 203 g/mol. The van der Waals surface area contributed by atoms with Crippen molar-refractivity contribution in [3.63, 3.8) is 0 Å². The van der Waals surface area contributed by atoms with E-state index in [0.717, 1.165) is 4.90 Å². The highest BCUT2D eigenvalue weighted by atomic mass is 16.6. The molecule has 1 atom stereocenters. The average Bonchev–Trinajstić information content (AvgIpc) is 2.40. The van der Waals surface area contributed by atoms with Crippen LogP contribution >= 0.6 is 0 Å². The summed E-state index contributed by atoms with van der Waals surface area (Å²) in [7, 11) is 1.20. The first kappa shape index (κ1) is 10.8. The molecule has 1 amide bonds. The van der Waals surface area contributed by atoms with Crippen LogP contribution in [0.25, 0.3) is 0 Å². The van der Waals surface area contributed by atoms with Crippen molar-refractivity contribution in [1.82, 2.24) is 4.90 Å². The lowest BCUT2D eigenvalue weighted by Crippen LogP contribution is -2.50. The number of methoxy groups -OCH3 is 1. The molecule has 1 N–H and O–H groups in total. The lowest BCUT2D eigenvalue weighted by molar-refractivity contribution is -0.142. The summed E-state index contributed by atoms with van der Waals surface area (Å²) < 4.78 is 9.69. The van der Waals surface area contributed by atoms with Crippen molar-refractivity contribution >= 4 is 12.1 Å². The van der Waals surface area contributed by atoms with Gasteiger partial charge in [0.25, 0.3) is 0 Å². The van der Waals surface area contributed by atoms with E-state index in [1.54, 1.807) is 13.8 Å². The Kier molecular flexibility index (Phi) is 2.66. The molecule has 0 aromatic heterocycles. The minimum absolute atomic E-state index is 0.0164. The van der Waals surface area contributed by atoms with Crippen molar-refractivity contribution < 1.29 is 24.2 Å². The molecule has 6 heteroatoms. The summed E-state index contributed by atoms with van der Waals surface area (Å²) in [6.45, 7) is 3.22. The van der Waals surface area contributed by atoms with Gasteiger partial charge in [0.05, 0.1) is 13.7 Å². The molecule has 0 aromatic rings. The maximum atomic E-state index is 11.3. The van der Waals surface area contributed by atoms with Crippen LogP contribution in [0.4, 0.5) is 4.79 Å². The van der Waals surface area contributed by atoms with Gasteiger partial charge >= 0.3 is 12.1 Å². The number of aliphatic carboxylic acids is 1. The lowest BCUT2D eigenvalue weighted by Gasteiger charge is -2.30. The minimum Gasteiger partial charge on any atom is -0.480 e. The average molecular weight is 203 g/mol. The Hall–Kier alpha value is -1.30. The van der Waals surface area contributed by atoms with E-state index in [2.05, 4.69) is 4.74 Å². The molecule has 0 bridgehead atoms. The Balaban J connectivity index is 2.92. The van der Waals surface area contributed by atoms with Crippen LogP contribution in [0.15, 0.2) is 0 Å². The lowest BCUT2D eigenvalue weighted by atomic mass is 10.2. The summed E-state index contributed by atoms with van der Waals surface area (Å²) in [6.07, 6.45) is -0.695. The SMILES string of the molecule is COC(=O)N1[C@H](C(=O)O)COC1(C)C. The number of carboxylic acids is 1. The molecule has 0 unspecified atom stereocenters. The van der Waals surface area contributed by atoms with E-state index in [1.165, 1.54) is 7.11 Å². The van der Waals surface area contributed by atoms with Gasteiger partial charge in [-0.2, -0.15) is 0 Å². The highest BCUT2D eigenvalue weighted by Gasteiger charge is 2.47. The van der Waals surface area contributed by atoms with Gasteiger partial charge in [0, 0.05) is 0 Å². The van der Waals surface area contributed by atoms with Gasteiger partial charge in [0.15, 0.2) is 6.04 Å². The van der Waals surface area contributed by atoms with Crippen molar-refractivity contribution in [3.8, 4) is 0 Å². The Morgan fingerprint density at radius 2 is 2.14 bits per heavy atom. The zero-order valence-electron chi connectivity index (χ0n) is 8.31. The molecule has 1 fully saturated rings. The van der Waals surface area contributed by atoms with Gasteiger partial charge in [-0.3, -0.25) is 4.90 Å². The second-order valence-corrected chi connectivity index (χ2v) is 3.45. The van der Waals surface area contributed by atoms with E-state index >= 15 is 0 Å². The highest BCUT2D eigenvalue weighted by Crippen LogP contribution is 2.27. The number of ether oxygens (including phenoxy) is 2. The smallest absolute Gasteiger partial charge is 0.412 e. The van der Waals surface area contributed by atoms with E-state index in [0.29, 0.717) is 0 Å². The topological polar surface area (TPSA) is 76.1 Å². The number of rotatable bonds is 1. The standard InChI is InChI=1S/C8H13NO5/c1-8(2)9(7(12)13-3)5(4-14-8)6(10)11/h5H,4H2,1-3H3,(H,10,11)/t5-/m0/s1. The van der Waals surface area contributed by atoms with Crippen LogP contribution in [0, 0.1) is 0 Å². The van der Waals surface area contributed by atoms with Crippen LogP contribution < -0.4 is 0 Å². The molecule has 14 heavy (non-hydrogen) atoms. The molecule has 6 nitrogen and oxygen atoms in total. The maximum Gasteiger partial charge on any atom is 0.412 e. The summed E-state index contributed by atoms with van der Waals surface area (Å²) in [5, 5.41) is 8.83. The minimum atomic E-state index is -1.10. The summed E-state index contributed by atoms with van der Waals surface area (Å²) in [5.41, 5.74) is -0.934. The first-order valence-electron chi connectivity index (χ1n) is 4.14. The Labute approximate surface area is 81.4 Å². The zero-order valence-corrected chi connectivity index (χ0v) is 8.31. The van der Waals surface area contributed by atoms with E-state index in [4.69, 9.17) is 9.84 Å². The third-order valence-electron chi connectivity index (χ3n) is 2.14. The maximum absolute atomic E-state index is 11.3. The molecule has 0 aromatic carbocycles. The number of nitrogens with zero attached hydrogens (tertiary/aromatic N) is 1. The number of hydrogen-bond acceptors (Lipinski definition) is 4. The van der Waals surface area contributed by atoms with Crippen molar-refractivity contribution in [1.29, 1.82) is 0 Å². The first-order chi connectivity index (χ1) is 6.40. The second-order valence-electron chi connectivity index (χ2n) is 3.45. The Bertz CT molecular complexity index is 262. The molecule has 1 saturated heterocycles. The van der Waals surface area contributed by atoms with E-state index in [1.807, 2.05) is 0 Å². The number of amides is 1. The summed E-state index contributed by atoms with van der Waals surface area (Å²) in [5.74, 6) is -1.10. The molecule has 1 heterocycles. The molecule has 80 valence electrons. The van der Waals surface area contributed by atoms with Gasteiger partial charge in [-0.1, -0.05) is 0 Å². The van der Waals surface area contributed by atoms with Crippen molar-refractivity contribution in [2.75, 3.05) is 13.7 Å². The number of carbonyl (C=O) groups is 2. The van der Waals surface area contributed by atoms with Crippen LogP contribution in [0.2, 0.25) is 0 Å². The zero-order chi connectivity index (χ0) is 10.9. The Morgan fingerprint density at radius 3 is 2.57 bits per heavy atom. The Morgan fingerprint density at radius 1 is 1.57 bits per heavy atom. The van der Waals surface area contributed by atoms with E-state index in [9.17, 15) is 9.59 Å². The van der Waals surface area contributed by atoms with Crippen LogP contribution in [-0.2, 0) is 14.3 Å². The fourth-order valence-electron chi connectivity index (χ4n) is 1.43. The molecule has 1 rings (SSSR count). The number of hydrogen-bond donors (Lipinski definition) is 1. The third kappa shape index (κ3) is 1.65. The molecular weight excluding hydrogens is 190 g/mol. The molecule has 1 aliphatic rings. The van der Waals surface area contributed by atoms with E-state index < -0.39 is 23.8 Å². The van der Waals surface area contributed by atoms with Crippen LogP contribution in [0.3, 0.4) is 0 Å². The molecule has 0 spiro atoms. The van der Waals surface area contributed by atoms with Crippen molar-refractivity contribution in [2.24, 2.45) is 0 Å². The number of carboxylic acid groups (broad SMARTS) is 1. The first-order valence-corrected chi connectivity index (χ1v) is 4.14. The predicted molar refractivity (Wildman–Crippen MR) is 45.7 cm³/mol. The molecule has 0 saturated carbocycles. The van der Waals surface area contributed by atoms with Gasteiger partial charge in [-0.25, -0.2) is 9.59 Å². The second kappa shape index (κ2) is 3.45. The van der Waals surface area contributed by atoms with Crippen LogP contribution in [-0.4, -0.2) is 47.6 Å². The summed E-state index contributed by atoms with van der Waals surface area (Å²) >= 11 is 0. The van der Waals surface area contributed by atoms with Crippen molar-refractivity contribution in [3.05, 3.63) is 0 Å². The molecule has 0 aliphatic carbocycles. The van der Waals surface area contributed by atoms with Gasteiger partial charge in [0.1, 0.15) is 5.72 Å². The molecule has 1 aliphatic heterocycles. The fourth-order valence-corrected chi connectivity index (χ4v) is 1.43. The van der Waals surface area contributed by atoms with Gasteiger partial charge in [-0.05, 0) is 13.8 Å². The third-order valence-corrected chi connectivity index (χ3v) is 2.14. The van der Waals surface area contributed by atoms with Gasteiger partial charge in [-0.15, -0.1) is 0 Å². The molecular formula is C8H13NO5. The number of carbonyl (C=O) groups excluding carboxylic acids is 1. The predicted octanol–water partition coefficient (Wildman–Crippen LogP) is 0.274. The largest absolute Gasteiger partial charge is 0.480 e. The highest BCUT2D eigenvalue weighted by molar-refractivity contribution is 5.81. The normalized spacial score (nSPS) is 24.8. The summed E-state index contributed by atoms with van der Waals surface area (Å²) in [4.78, 5) is 23.2. The van der Waals surface area contributed by atoms with Crippen LogP contribution in [0.5, 0.6) is 0 Å².